The third kappa shape index (κ3) is 3.98. The highest BCUT2D eigenvalue weighted by atomic mass is 32.5. The normalized spacial score (nSPS) is 33.3. The molecule has 11 heteroatoms. The van der Waals surface area contributed by atoms with E-state index in [1.165, 1.54) is 23.9 Å². The number of aromatic amines is 1. The van der Waals surface area contributed by atoms with Crippen LogP contribution in [0.25, 0.3) is 0 Å². The lowest BCUT2D eigenvalue weighted by Gasteiger charge is -2.23. The molecule has 1 aromatic heterocycles. The van der Waals surface area contributed by atoms with Gasteiger partial charge >= 0.3 is 5.69 Å². The van der Waals surface area contributed by atoms with E-state index in [1.54, 1.807) is 0 Å². The smallest absolute Gasteiger partial charge is 0.330 e. The van der Waals surface area contributed by atoms with Crippen LogP contribution in [0.1, 0.15) is 26.5 Å². The van der Waals surface area contributed by atoms with Gasteiger partial charge in [-0.25, -0.2) is 4.79 Å². The van der Waals surface area contributed by atoms with Gasteiger partial charge in [-0.15, -0.1) is 0 Å². The van der Waals surface area contributed by atoms with Gasteiger partial charge in [0.1, 0.15) is 12.2 Å². The quantitative estimate of drug-likeness (QED) is 0.588. The van der Waals surface area contributed by atoms with Gasteiger partial charge in [-0.05, 0) is 32.1 Å². The summed E-state index contributed by atoms with van der Waals surface area (Å²) in [5.41, 5.74) is -1.13. The molecule has 1 aliphatic carbocycles. The summed E-state index contributed by atoms with van der Waals surface area (Å²) in [7, 11) is 1.44. The summed E-state index contributed by atoms with van der Waals surface area (Å²) in [5.74, 6) is -0.0370. The first-order valence-electron chi connectivity index (χ1n) is 8.92. The van der Waals surface area contributed by atoms with Gasteiger partial charge < -0.3 is 23.6 Å². The maximum absolute atomic E-state index is 12.1. The van der Waals surface area contributed by atoms with Gasteiger partial charge in [0.15, 0.2) is 12.7 Å². The van der Waals surface area contributed by atoms with Crippen LogP contribution in [-0.2, 0) is 30.3 Å². The zero-order valence-electron chi connectivity index (χ0n) is 15.4. The largest absolute Gasteiger partial charge is 0.387 e. The number of hydrogen-bond donors (Lipinski definition) is 2. The molecule has 0 spiro atoms. The van der Waals surface area contributed by atoms with Crippen molar-refractivity contribution in [3.63, 3.8) is 0 Å². The van der Waals surface area contributed by atoms with E-state index in [9.17, 15) is 14.7 Å². The molecule has 2 aliphatic rings. The molecule has 0 bridgehead atoms. The molecule has 3 rings (SSSR count). The Hall–Kier alpha value is -0.870. The van der Waals surface area contributed by atoms with Crippen molar-refractivity contribution in [3.8, 4) is 0 Å². The molecule has 0 aromatic carbocycles. The van der Waals surface area contributed by atoms with E-state index < -0.39 is 42.3 Å². The van der Waals surface area contributed by atoms with Crippen LogP contribution < -0.4 is 11.2 Å². The average Bonchev–Trinajstić information content (AvgIpc) is 3.34. The number of rotatable bonds is 8. The standard InChI is InChI=1S/C16H25N2O7PS/c1-4-23-26(27,24-5-2)10-8-9(10)13-12(20)14(22-3)15(25-13)18-7-6-11(19)17-16(18)21/h6-7,9-10,12-15,20H,4-5,8H2,1-3H3,(H,17,19,21). The summed E-state index contributed by atoms with van der Waals surface area (Å²) in [5, 5.41) is 10.7. The zero-order valence-corrected chi connectivity index (χ0v) is 17.2. The molecule has 1 aliphatic heterocycles. The predicted octanol–water partition coefficient (Wildman–Crippen LogP) is 0.581. The molecule has 2 N–H and O–H groups in total. The second kappa shape index (κ2) is 8.24. The van der Waals surface area contributed by atoms with Crippen LogP contribution in [0.2, 0.25) is 0 Å². The lowest BCUT2D eigenvalue weighted by Crippen LogP contribution is -2.38. The summed E-state index contributed by atoms with van der Waals surface area (Å²) < 4.78 is 24.1. The Bertz CT molecular complexity index is 817. The van der Waals surface area contributed by atoms with Crippen LogP contribution in [0, 0.1) is 5.92 Å². The Labute approximate surface area is 161 Å². The molecular formula is C16H25N2O7PS. The predicted molar refractivity (Wildman–Crippen MR) is 101 cm³/mol. The monoisotopic (exact) mass is 420 g/mol. The third-order valence-corrected chi connectivity index (χ3v) is 8.99. The van der Waals surface area contributed by atoms with Gasteiger partial charge in [0.05, 0.1) is 19.3 Å². The van der Waals surface area contributed by atoms with Gasteiger partial charge in [-0.1, -0.05) is 0 Å². The number of aliphatic hydroxyl groups excluding tert-OH is 1. The van der Waals surface area contributed by atoms with Gasteiger partial charge in [-0.2, -0.15) is 0 Å². The van der Waals surface area contributed by atoms with Gasteiger partial charge in [0.2, 0.25) is 0 Å². The van der Waals surface area contributed by atoms with Crippen LogP contribution in [0.15, 0.2) is 21.9 Å². The Balaban J connectivity index is 1.81. The van der Waals surface area contributed by atoms with Crippen molar-refractivity contribution in [2.75, 3.05) is 20.3 Å². The van der Waals surface area contributed by atoms with E-state index in [0.29, 0.717) is 13.2 Å². The molecular weight excluding hydrogens is 395 g/mol. The number of methoxy groups -OCH3 is 1. The third-order valence-electron chi connectivity index (χ3n) is 4.90. The van der Waals surface area contributed by atoms with E-state index in [1.807, 2.05) is 13.8 Å². The molecule has 27 heavy (non-hydrogen) atoms. The molecule has 0 amide bonds. The second-order valence-corrected chi connectivity index (χ2v) is 10.3. The number of aromatic nitrogens is 2. The van der Waals surface area contributed by atoms with Crippen LogP contribution in [0.3, 0.4) is 0 Å². The summed E-state index contributed by atoms with van der Waals surface area (Å²) in [6.07, 6.45) is -1.05. The van der Waals surface area contributed by atoms with Gasteiger partial charge in [0, 0.05) is 30.9 Å². The SMILES string of the molecule is CCOP(=S)(OCC)C1CC1C1OC(n2ccc(=O)[nH]c2=O)C(OC)C1O. The van der Waals surface area contributed by atoms with Gasteiger partial charge in [-0.3, -0.25) is 14.3 Å². The molecule has 1 saturated heterocycles. The number of nitrogens with one attached hydrogen (secondary N) is 1. The molecule has 152 valence electrons. The number of nitrogens with zero attached hydrogens (tertiary/aromatic N) is 1. The highest BCUT2D eigenvalue weighted by Crippen LogP contribution is 2.67. The Morgan fingerprint density at radius 1 is 1.37 bits per heavy atom. The molecule has 1 aromatic rings. The molecule has 1 saturated carbocycles. The van der Waals surface area contributed by atoms with E-state index >= 15 is 0 Å². The van der Waals surface area contributed by atoms with Crippen LogP contribution in [0.5, 0.6) is 0 Å². The van der Waals surface area contributed by atoms with E-state index in [0.717, 1.165) is 6.42 Å². The van der Waals surface area contributed by atoms with Crippen molar-refractivity contribution in [1.82, 2.24) is 9.55 Å². The zero-order chi connectivity index (χ0) is 19.8. The summed E-state index contributed by atoms with van der Waals surface area (Å²) in [4.78, 5) is 25.6. The fraction of sp³-hybridized carbons (Fsp3) is 0.750. The number of hydrogen-bond acceptors (Lipinski definition) is 8. The molecule has 6 unspecified atom stereocenters. The van der Waals surface area contributed by atoms with Crippen LogP contribution in [-0.4, -0.2) is 59.0 Å². The highest BCUT2D eigenvalue weighted by molar-refractivity contribution is 8.10. The van der Waals surface area contributed by atoms with E-state index in [2.05, 4.69) is 4.98 Å². The fourth-order valence-electron chi connectivity index (χ4n) is 3.64. The first kappa shape index (κ1) is 20.9. The minimum absolute atomic E-state index is 0.00407. The van der Waals surface area contributed by atoms with Crippen molar-refractivity contribution in [3.05, 3.63) is 33.1 Å². The van der Waals surface area contributed by atoms with Crippen LogP contribution >= 0.6 is 6.49 Å². The number of ether oxygens (including phenoxy) is 2. The molecule has 2 fully saturated rings. The average molecular weight is 420 g/mol. The van der Waals surface area contributed by atoms with Crippen LogP contribution in [0.4, 0.5) is 0 Å². The first-order valence-corrected chi connectivity index (χ1v) is 11.6. The van der Waals surface area contributed by atoms with Gasteiger partial charge in [0.25, 0.3) is 5.56 Å². The van der Waals surface area contributed by atoms with E-state index in [4.69, 9.17) is 30.3 Å². The first-order chi connectivity index (χ1) is 12.9. The Morgan fingerprint density at radius 3 is 2.59 bits per heavy atom. The fourth-order valence-corrected chi connectivity index (χ4v) is 7.32. The molecule has 0 radical (unpaired) electrons. The number of aliphatic hydroxyl groups is 1. The topological polar surface area (TPSA) is 112 Å². The Kier molecular flexibility index (Phi) is 6.37. The molecule has 6 atom stereocenters. The maximum Gasteiger partial charge on any atom is 0.330 e. The maximum atomic E-state index is 12.1. The van der Waals surface area contributed by atoms with Crippen molar-refractivity contribution < 1.29 is 23.6 Å². The number of H-pyrrole nitrogens is 1. The van der Waals surface area contributed by atoms with Crippen molar-refractivity contribution >= 4 is 18.3 Å². The van der Waals surface area contributed by atoms with Crippen molar-refractivity contribution in [2.45, 2.75) is 50.5 Å². The molecule has 9 nitrogen and oxygen atoms in total. The lowest BCUT2D eigenvalue weighted by molar-refractivity contribution is -0.0572. The minimum Gasteiger partial charge on any atom is -0.387 e. The van der Waals surface area contributed by atoms with E-state index in [-0.39, 0.29) is 11.6 Å². The minimum atomic E-state index is -2.47. The summed E-state index contributed by atoms with van der Waals surface area (Å²) >= 11 is 5.66. The highest BCUT2D eigenvalue weighted by Gasteiger charge is 2.60. The molecule has 2 heterocycles. The van der Waals surface area contributed by atoms with Crippen molar-refractivity contribution in [1.29, 1.82) is 0 Å². The Morgan fingerprint density at radius 2 is 2.04 bits per heavy atom. The van der Waals surface area contributed by atoms with Crippen molar-refractivity contribution in [2.24, 2.45) is 5.92 Å². The summed E-state index contributed by atoms with van der Waals surface area (Å²) in [6, 6.07) is 1.22. The summed E-state index contributed by atoms with van der Waals surface area (Å²) in [6.45, 7) is 2.21. The second-order valence-electron chi connectivity index (χ2n) is 6.54. The lowest BCUT2D eigenvalue weighted by atomic mass is 10.1.